The van der Waals surface area contributed by atoms with Gasteiger partial charge in [0.1, 0.15) is 0 Å². The molecule has 2 N–H and O–H groups in total. The summed E-state index contributed by atoms with van der Waals surface area (Å²) >= 11 is 3.19. The summed E-state index contributed by atoms with van der Waals surface area (Å²) in [4.78, 5) is 23.2. The molecule has 96 valence electrons. The van der Waals surface area contributed by atoms with Crippen LogP contribution in [-0.2, 0) is 0 Å². The quantitative estimate of drug-likeness (QED) is 0.911. The lowest BCUT2D eigenvalue weighted by Crippen LogP contribution is -2.16. The van der Waals surface area contributed by atoms with Crippen molar-refractivity contribution < 1.29 is 14.7 Å². The van der Waals surface area contributed by atoms with Gasteiger partial charge in [-0.05, 0) is 30.3 Å². The number of hydrogen-bond acceptors (Lipinski definition) is 2. The average Bonchev–Trinajstić information content (AvgIpc) is 2.39. The highest BCUT2D eigenvalue weighted by Gasteiger charge is 2.16. The first-order valence-electron chi connectivity index (χ1n) is 5.47. The van der Waals surface area contributed by atoms with Gasteiger partial charge in [-0.3, -0.25) is 4.79 Å². The number of nitrogens with one attached hydrogen (secondary N) is 1. The Kier molecular flexibility index (Phi) is 3.97. The minimum atomic E-state index is -1.14. The van der Waals surface area contributed by atoms with Gasteiger partial charge >= 0.3 is 5.97 Å². The van der Waals surface area contributed by atoms with E-state index in [1.807, 2.05) is 6.07 Å². The number of halogens is 1. The Morgan fingerprint density at radius 2 is 1.68 bits per heavy atom. The summed E-state index contributed by atoms with van der Waals surface area (Å²) in [6, 6.07) is 13.4. The van der Waals surface area contributed by atoms with Crippen LogP contribution in [0.4, 0.5) is 5.69 Å². The van der Waals surface area contributed by atoms with E-state index >= 15 is 0 Å². The highest BCUT2D eigenvalue weighted by Crippen LogP contribution is 2.18. The van der Waals surface area contributed by atoms with Crippen molar-refractivity contribution in [1.82, 2.24) is 0 Å². The molecule has 0 aliphatic carbocycles. The van der Waals surface area contributed by atoms with E-state index in [0.717, 1.165) is 0 Å². The lowest BCUT2D eigenvalue weighted by atomic mass is 10.1. The van der Waals surface area contributed by atoms with Crippen LogP contribution in [0, 0.1) is 0 Å². The minimum absolute atomic E-state index is 0.0391. The lowest BCUT2D eigenvalue weighted by molar-refractivity contribution is 0.0692. The summed E-state index contributed by atoms with van der Waals surface area (Å²) < 4.78 is 0.612. The van der Waals surface area contributed by atoms with E-state index in [1.54, 1.807) is 30.3 Å². The number of hydrogen-bond donors (Lipinski definition) is 2. The number of benzene rings is 2. The van der Waals surface area contributed by atoms with Crippen LogP contribution in [0.1, 0.15) is 20.7 Å². The number of amides is 1. The number of carbonyl (C=O) groups excluding carboxylic acids is 1. The van der Waals surface area contributed by atoms with Crippen molar-refractivity contribution in [3.05, 3.63) is 64.1 Å². The van der Waals surface area contributed by atoms with Crippen molar-refractivity contribution in [2.75, 3.05) is 5.32 Å². The van der Waals surface area contributed by atoms with Crippen LogP contribution in [0.25, 0.3) is 0 Å². The van der Waals surface area contributed by atoms with E-state index in [-0.39, 0.29) is 11.1 Å². The number of anilines is 1. The first-order chi connectivity index (χ1) is 9.08. The Balaban J connectivity index is 2.31. The van der Waals surface area contributed by atoms with Gasteiger partial charge in [-0.2, -0.15) is 0 Å². The first-order valence-corrected chi connectivity index (χ1v) is 6.26. The second-order valence-corrected chi connectivity index (χ2v) is 4.73. The molecule has 0 heterocycles. The predicted molar refractivity (Wildman–Crippen MR) is 75.5 cm³/mol. The highest BCUT2D eigenvalue weighted by atomic mass is 79.9. The van der Waals surface area contributed by atoms with Gasteiger partial charge in [0.2, 0.25) is 0 Å². The third-order valence-electron chi connectivity index (χ3n) is 2.49. The van der Waals surface area contributed by atoms with E-state index in [4.69, 9.17) is 5.11 Å². The second-order valence-electron chi connectivity index (χ2n) is 3.82. The molecule has 19 heavy (non-hydrogen) atoms. The number of carboxylic acid groups (broad SMARTS) is 1. The molecule has 0 spiro atoms. The molecule has 0 fully saturated rings. The topological polar surface area (TPSA) is 66.4 Å². The maximum Gasteiger partial charge on any atom is 0.336 e. The van der Waals surface area contributed by atoms with E-state index in [9.17, 15) is 9.59 Å². The molecule has 0 aromatic heterocycles. The summed E-state index contributed by atoms with van der Waals surface area (Å²) in [7, 11) is 0. The molecule has 0 unspecified atom stereocenters. The van der Waals surface area contributed by atoms with Gasteiger partial charge in [0.25, 0.3) is 5.91 Å². The van der Waals surface area contributed by atoms with Crippen LogP contribution < -0.4 is 5.32 Å². The fourth-order valence-electron chi connectivity index (χ4n) is 1.61. The van der Waals surface area contributed by atoms with Crippen LogP contribution in [0.2, 0.25) is 0 Å². The molecular formula is C14H10BrNO3. The molecular weight excluding hydrogens is 310 g/mol. The van der Waals surface area contributed by atoms with Gasteiger partial charge in [-0.1, -0.05) is 34.1 Å². The Morgan fingerprint density at radius 3 is 2.32 bits per heavy atom. The number of aromatic carboxylic acids is 1. The summed E-state index contributed by atoms with van der Waals surface area (Å²) in [6.07, 6.45) is 0. The third-order valence-corrected chi connectivity index (χ3v) is 2.98. The smallest absolute Gasteiger partial charge is 0.336 e. The molecule has 4 nitrogen and oxygen atoms in total. The standard InChI is InChI=1S/C14H10BrNO3/c15-9-6-7-11(12(8-9)14(18)19)13(17)16-10-4-2-1-3-5-10/h1-8H,(H,16,17)(H,18,19). The molecule has 0 aliphatic rings. The van der Waals surface area contributed by atoms with E-state index in [1.165, 1.54) is 12.1 Å². The van der Waals surface area contributed by atoms with Gasteiger partial charge in [-0.25, -0.2) is 4.79 Å². The number of rotatable bonds is 3. The van der Waals surface area contributed by atoms with Crippen molar-refractivity contribution in [3.63, 3.8) is 0 Å². The minimum Gasteiger partial charge on any atom is -0.478 e. The molecule has 0 saturated carbocycles. The first kappa shape index (κ1) is 13.3. The number of carboxylic acids is 1. The van der Waals surface area contributed by atoms with Crippen LogP contribution in [0.15, 0.2) is 53.0 Å². The average molecular weight is 320 g/mol. The normalized spacial score (nSPS) is 9.95. The fourth-order valence-corrected chi connectivity index (χ4v) is 1.97. The van der Waals surface area contributed by atoms with Gasteiger partial charge in [0, 0.05) is 10.2 Å². The molecule has 0 aliphatic heterocycles. The van der Waals surface area contributed by atoms with Gasteiger partial charge < -0.3 is 10.4 Å². The molecule has 0 bridgehead atoms. The van der Waals surface area contributed by atoms with E-state index < -0.39 is 11.9 Å². The SMILES string of the molecule is O=C(O)c1cc(Br)ccc1C(=O)Nc1ccccc1. The molecule has 0 saturated heterocycles. The summed E-state index contributed by atoms with van der Waals surface area (Å²) in [5, 5.41) is 11.8. The van der Waals surface area contributed by atoms with Crippen molar-refractivity contribution in [2.24, 2.45) is 0 Å². The van der Waals surface area contributed by atoms with Gasteiger partial charge in [0.15, 0.2) is 0 Å². The maximum absolute atomic E-state index is 12.1. The predicted octanol–water partition coefficient (Wildman–Crippen LogP) is 3.40. The van der Waals surface area contributed by atoms with Crippen molar-refractivity contribution in [3.8, 4) is 0 Å². The summed E-state index contributed by atoms with van der Waals surface area (Å²) in [5.41, 5.74) is 0.703. The van der Waals surface area contributed by atoms with Crippen molar-refractivity contribution >= 4 is 33.5 Å². The second kappa shape index (κ2) is 5.67. The zero-order valence-electron chi connectivity index (χ0n) is 9.76. The molecule has 5 heteroatoms. The van der Waals surface area contributed by atoms with Crippen LogP contribution in [0.5, 0.6) is 0 Å². The van der Waals surface area contributed by atoms with E-state index in [0.29, 0.717) is 10.2 Å². The molecule has 2 aromatic carbocycles. The zero-order valence-corrected chi connectivity index (χ0v) is 11.3. The van der Waals surface area contributed by atoms with Crippen LogP contribution >= 0.6 is 15.9 Å². The molecule has 2 aromatic rings. The Morgan fingerprint density at radius 1 is 1.00 bits per heavy atom. The molecule has 0 radical (unpaired) electrons. The van der Waals surface area contributed by atoms with Crippen LogP contribution in [-0.4, -0.2) is 17.0 Å². The fraction of sp³-hybridized carbons (Fsp3) is 0. The lowest BCUT2D eigenvalue weighted by Gasteiger charge is -2.08. The van der Waals surface area contributed by atoms with Crippen molar-refractivity contribution in [1.29, 1.82) is 0 Å². The Bertz CT molecular complexity index is 626. The molecule has 2 rings (SSSR count). The largest absolute Gasteiger partial charge is 0.478 e. The number of para-hydroxylation sites is 1. The van der Waals surface area contributed by atoms with Crippen LogP contribution in [0.3, 0.4) is 0 Å². The maximum atomic E-state index is 12.1. The Hall–Kier alpha value is -2.14. The van der Waals surface area contributed by atoms with E-state index in [2.05, 4.69) is 21.2 Å². The monoisotopic (exact) mass is 319 g/mol. The molecule has 0 atom stereocenters. The van der Waals surface area contributed by atoms with Gasteiger partial charge in [-0.15, -0.1) is 0 Å². The van der Waals surface area contributed by atoms with Gasteiger partial charge in [0.05, 0.1) is 11.1 Å². The zero-order chi connectivity index (χ0) is 13.8. The third kappa shape index (κ3) is 3.20. The summed E-state index contributed by atoms with van der Waals surface area (Å²) in [6.45, 7) is 0. The number of carbonyl (C=O) groups is 2. The summed E-state index contributed by atoms with van der Waals surface area (Å²) in [5.74, 6) is -1.59. The Labute approximate surface area is 118 Å². The highest BCUT2D eigenvalue weighted by molar-refractivity contribution is 9.10. The van der Waals surface area contributed by atoms with Crippen molar-refractivity contribution in [2.45, 2.75) is 0 Å². The molecule has 1 amide bonds.